The summed E-state index contributed by atoms with van der Waals surface area (Å²) in [5, 5.41) is 13.8. The molecule has 0 bridgehead atoms. The Morgan fingerprint density at radius 1 is 1.04 bits per heavy atom. The average molecular weight is 347 g/mol. The molecule has 0 aliphatic carbocycles. The molecule has 0 radical (unpaired) electrons. The van der Waals surface area contributed by atoms with Crippen molar-refractivity contribution < 1.29 is 14.7 Å². The first kappa shape index (κ1) is 16.1. The van der Waals surface area contributed by atoms with E-state index < -0.39 is 11.9 Å². The quantitative estimate of drug-likeness (QED) is 0.790. The van der Waals surface area contributed by atoms with Gasteiger partial charge in [0.1, 0.15) is 0 Å². The van der Waals surface area contributed by atoms with E-state index in [4.69, 9.17) is 0 Å². The van der Waals surface area contributed by atoms with Crippen molar-refractivity contribution in [2.75, 3.05) is 6.54 Å². The summed E-state index contributed by atoms with van der Waals surface area (Å²) in [7, 11) is 0. The van der Waals surface area contributed by atoms with Crippen LogP contribution in [0.3, 0.4) is 0 Å². The Hall–Kier alpha value is -3.41. The molecule has 2 heterocycles. The van der Waals surface area contributed by atoms with Gasteiger partial charge in [0.15, 0.2) is 0 Å². The molecule has 2 aromatic carbocycles. The molecule has 1 unspecified atom stereocenters. The van der Waals surface area contributed by atoms with Crippen molar-refractivity contribution in [1.82, 2.24) is 14.7 Å². The van der Waals surface area contributed by atoms with Crippen LogP contribution in [0.2, 0.25) is 0 Å². The second-order valence-electron chi connectivity index (χ2n) is 6.28. The maximum absolute atomic E-state index is 12.9. The number of aromatic nitrogens is 2. The zero-order valence-electron chi connectivity index (χ0n) is 13.9. The molecule has 3 aromatic rings. The molecule has 4 rings (SSSR count). The zero-order valence-corrected chi connectivity index (χ0v) is 13.9. The highest BCUT2D eigenvalue weighted by Crippen LogP contribution is 2.29. The van der Waals surface area contributed by atoms with Crippen molar-refractivity contribution in [2.24, 2.45) is 0 Å². The third-order valence-corrected chi connectivity index (χ3v) is 4.63. The summed E-state index contributed by atoms with van der Waals surface area (Å²) in [4.78, 5) is 26.1. The van der Waals surface area contributed by atoms with E-state index in [1.807, 2.05) is 54.6 Å². The molecule has 1 N–H and O–H groups in total. The summed E-state index contributed by atoms with van der Waals surface area (Å²) < 4.78 is 1.64. The molecule has 6 nitrogen and oxygen atoms in total. The SMILES string of the molecule is O=C(O)C1CN(C(=O)c2cnn(-c3ccccc3)c2)Cc2ccccc21. The van der Waals surface area contributed by atoms with Gasteiger partial charge in [0.05, 0.1) is 23.4 Å². The first-order chi connectivity index (χ1) is 12.6. The van der Waals surface area contributed by atoms with Crippen LogP contribution in [0.15, 0.2) is 67.0 Å². The van der Waals surface area contributed by atoms with E-state index in [-0.39, 0.29) is 12.5 Å². The maximum Gasteiger partial charge on any atom is 0.312 e. The predicted molar refractivity (Wildman–Crippen MR) is 95.1 cm³/mol. The van der Waals surface area contributed by atoms with Crippen molar-refractivity contribution in [3.8, 4) is 5.69 Å². The Bertz CT molecular complexity index is 965. The van der Waals surface area contributed by atoms with Gasteiger partial charge in [-0.15, -0.1) is 0 Å². The Labute approximate surface area is 150 Å². The minimum absolute atomic E-state index is 0.154. The number of carboxylic acid groups (broad SMARTS) is 1. The van der Waals surface area contributed by atoms with Gasteiger partial charge in [-0.05, 0) is 23.3 Å². The van der Waals surface area contributed by atoms with Crippen LogP contribution in [0.4, 0.5) is 0 Å². The Morgan fingerprint density at radius 3 is 2.54 bits per heavy atom. The normalized spacial score (nSPS) is 16.2. The molecule has 1 amide bonds. The van der Waals surface area contributed by atoms with Gasteiger partial charge in [-0.1, -0.05) is 42.5 Å². The second kappa shape index (κ2) is 6.48. The smallest absolute Gasteiger partial charge is 0.312 e. The lowest BCUT2D eigenvalue weighted by Gasteiger charge is -2.32. The molecule has 1 aliphatic rings. The van der Waals surface area contributed by atoms with Gasteiger partial charge < -0.3 is 10.0 Å². The molecule has 1 aromatic heterocycles. The molecule has 130 valence electrons. The molecule has 0 spiro atoms. The Kier molecular flexibility index (Phi) is 4.01. The lowest BCUT2D eigenvalue weighted by atomic mass is 9.89. The van der Waals surface area contributed by atoms with Gasteiger partial charge in [0.25, 0.3) is 5.91 Å². The Morgan fingerprint density at radius 2 is 1.77 bits per heavy atom. The number of rotatable bonds is 3. The zero-order chi connectivity index (χ0) is 18.1. The molecule has 26 heavy (non-hydrogen) atoms. The van der Waals surface area contributed by atoms with Gasteiger partial charge in [0, 0.05) is 19.3 Å². The van der Waals surface area contributed by atoms with Crippen LogP contribution in [-0.4, -0.2) is 38.2 Å². The number of aliphatic carboxylic acids is 1. The van der Waals surface area contributed by atoms with Crippen molar-refractivity contribution in [2.45, 2.75) is 12.5 Å². The van der Waals surface area contributed by atoms with E-state index in [9.17, 15) is 14.7 Å². The highest BCUT2D eigenvalue weighted by molar-refractivity contribution is 5.94. The van der Waals surface area contributed by atoms with Gasteiger partial charge in [-0.25, -0.2) is 4.68 Å². The highest BCUT2D eigenvalue weighted by Gasteiger charge is 2.33. The van der Waals surface area contributed by atoms with E-state index >= 15 is 0 Å². The fraction of sp³-hybridized carbons (Fsp3) is 0.150. The predicted octanol–water partition coefficient (Wildman–Crippen LogP) is 2.70. The fourth-order valence-electron chi connectivity index (χ4n) is 3.31. The number of fused-ring (bicyclic) bond motifs is 1. The number of hydrogen-bond donors (Lipinski definition) is 1. The topological polar surface area (TPSA) is 75.4 Å². The number of benzene rings is 2. The van der Waals surface area contributed by atoms with E-state index in [0.29, 0.717) is 12.1 Å². The molecule has 1 atom stereocenters. The number of nitrogens with zero attached hydrogens (tertiary/aromatic N) is 3. The van der Waals surface area contributed by atoms with Crippen LogP contribution in [-0.2, 0) is 11.3 Å². The summed E-state index contributed by atoms with van der Waals surface area (Å²) in [6.07, 6.45) is 3.19. The first-order valence-electron chi connectivity index (χ1n) is 8.33. The van der Waals surface area contributed by atoms with Crippen molar-refractivity contribution in [3.63, 3.8) is 0 Å². The van der Waals surface area contributed by atoms with Crippen LogP contribution >= 0.6 is 0 Å². The molecular formula is C20H17N3O3. The third-order valence-electron chi connectivity index (χ3n) is 4.63. The summed E-state index contributed by atoms with van der Waals surface area (Å²) in [5.41, 5.74) is 2.95. The van der Waals surface area contributed by atoms with Crippen molar-refractivity contribution >= 4 is 11.9 Å². The summed E-state index contributed by atoms with van der Waals surface area (Å²) in [5.74, 6) is -1.85. The number of amides is 1. The van der Waals surface area contributed by atoms with Crippen molar-refractivity contribution in [3.05, 3.63) is 83.7 Å². The minimum atomic E-state index is -0.921. The molecular weight excluding hydrogens is 330 g/mol. The van der Waals surface area contributed by atoms with E-state index in [1.165, 1.54) is 6.20 Å². The van der Waals surface area contributed by atoms with Gasteiger partial charge in [-0.2, -0.15) is 5.10 Å². The molecule has 6 heteroatoms. The van der Waals surface area contributed by atoms with Crippen LogP contribution in [0.25, 0.3) is 5.69 Å². The minimum Gasteiger partial charge on any atom is -0.481 e. The molecule has 0 saturated carbocycles. The standard InChI is InChI=1S/C20H17N3O3/c24-19(15-10-21-23(12-15)16-7-2-1-3-8-16)22-11-14-6-4-5-9-17(14)18(13-22)20(25)26/h1-10,12,18H,11,13H2,(H,25,26). The number of hydrogen-bond acceptors (Lipinski definition) is 3. The fourth-order valence-corrected chi connectivity index (χ4v) is 3.31. The maximum atomic E-state index is 12.9. The number of para-hydroxylation sites is 1. The first-order valence-corrected chi connectivity index (χ1v) is 8.33. The Balaban J connectivity index is 1.61. The molecule has 0 fully saturated rings. The van der Waals surface area contributed by atoms with Gasteiger partial charge in [0.2, 0.25) is 0 Å². The lowest BCUT2D eigenvalue weighted by Crippen LogP contribution is -2.40. The largest absolute Gasteiger partial charge is 0.481 e. The van der Waals surface area contributed by atoms with Crippen molar-refractivity contribution in [1.29, 1.82) is 0 Å². The summed E-state index contributed by atoms with van der Waals surface area (Å²) >= 11 is 0. The van der Waals surface area contributed by atoms with Crippen LogP contribution in [0.1, 0.15) is 27.4 Å². The second-order valence-corrected chi connectivity index (χ2v) is 6.28. The molecule has 1 aliphatic heterocycles. The van der Waals surface area contributed by atoms with Gasteiger partial charge >= 0.3 is 5.97 Å². The van der Waals surface area contributed by atoms with E-state index in [0.717, 1.165) is 16.8 Å². The summed E-state index contributed by atoms with van der Waals surface area (Å²) in [6.45, 7) is 0.553. The van der Waals surface area contributed by atoms with Crippen LogP contribution < -0.4 is 0 Å². The number of carbonyl (C=O) groups excluding carboxylic acids is 1. The third kappa shape index (κ3) is 2.86. The van der Waals surface area contributed by atoms with Gasteiger partial charge in [-0.3, -0.25) is 9.59 Å². The average Bonchev–Trinajstić information content (AvgIpc) is 3.17. The lowest BCUT2D eigenvalue weighted by molar-refractivity contribution is -0.139. The van der Waals surface area contributed by atoms with Crippen LogP contribution in [0, 0.1) is 0 Å². The van der Waals surface area contributed by atoms with Crippen LogP contribution in [0.5, 0.6) is 0 Å². The highest BCUT2D eigenvalue weighted by atomic mass is 16.4. The number of carboxylic acids is 1. The van der Waals surface area contributed by atoms with E-state index in [2.05, 4.69) is 5.10 Å². The number of carbonyl (C=O) groups is 2. The van der Waals surface area contributed by atoms with E-state index in [1.54, 1.807) is 15.8 Å². The molecule has 0 saturated heterocycles. The summed E-state index contributed by atoms with van der Waals surface area (Å²) in [6, 6.07) is 16.9. The monoisotopic (exact) mass is 347 g/mol.